The van der Waals surface area contributed by atoms with Gasteiger partial charge in [-0.1, -0.05) is 66.2 Å². The molecule has 0 saturated carbocycles. The van der Waals surface area contributed by atoms with E-state index in [1.54, 1.807) is 0 Å². The van der Waals surface area contributed by atoms with Crippen LogP contribution >= 0.6 is 15.9 Å². The predicted molar refractivity (Wildman–Crippen MR) is 107 cm³/mol. The maximum Gasteiger partial charge on any atom is 0.142 e. The van der Waals surface area contributed by atoms with Crippen LogP contribution in [0, 0.1) is 11.8 Å². The lowest BCUT2D eigenvalue weighted by molar-refractivity contribution is 0.270. The van der Waals surface area contributed by atoms with E-state index in [1.807, 2.05) is 0 Å². The zero-order valence-corrected chi connectivity index (χ0v) is 16.3. The summed E-state index contributed by atoms with van der Waals surface area (Å²) in [6.07, 6.45) is 5.83. The molecule has 0 spiro atoms. The van der Waals surface area contributed by atoms with Gasteiger partial charge >= 0.3 is 0 Å². The van der Waals surface area contributed by atoms with E-state index >= 15 is 0 Å². The number of anilines is 1. The van der Waals surface area contributed by atoms with E-state index in [4.69, 9.17) is 4.74 Å². The van der Waals surface area contributed by atoms with Gasteiger partial charge in [-0.05, 0) is 47.6 Å². The lowest BCUT2D eigenvalue weighted by atomic mass is 9.77. The molecular weight excluding hydrogens is 374 g/mol. The molecule has 2 nitrogen and oxygen atoms in total. The summed E-state index contributed by atoms with van der Waals surface area (Å²) in [6.45, 7) is 5.11. The quantitative estimate of drug-likeness (QED) is 0.610. The Morgan fingerprint density at radius 1 is 1.16 bits per heavy atom. The number of para-hydroxylation sites is 1. The van der Waals surface area contributed by atoms with Crippen molar-refractivity contribution in [3.63, 3.8) is 0 Å². The molecule has 3 heteroatoms. The van der Waals surface area contributed by atoms with E-state index in [-0.39, 0.29) is 0 Å². The highest BCUT2D eigenvalue weighted by molar-refractivity contribution is 9.10. The lowest BCUT2D eigenvalue weighted by Crippen LogP contribution is -2.29. The van der Waals surface area contributed by atoms with Crippen LogP contribution in [0.25, 0.3) is 0 Å². The summed E-state index contributed by atoms with van der Waals surface area (Å²) in [7, 11) is 0. The fraction of sp³-hybridized carbons (Fsp3) is 0.364. The van der Waals surface area contributed by atoms with Crippen LogP contribution in [0.4, 0.5) is 5.69 Å². The zero-order valence-electron chi connectivity index (χ0n) is 14.7. The predicted octanol–water partition coefficient (Wildman–Crippen LogP) is 6.31. The lowest BCUT2D eigenvalue weighted by Gasteiger charge is -2.38. The number of ether oxygens (including phenoxy) is 1. The van der Waals surface area contributed by atoms with Gasteiger partial charge in [0.2, 0.25) is 0 Å². The molecule has 130 valence electrons. The van der Waals surface area contributed by atoms with Crippen molar-refractivity contribution in [3.8, 4) is 5.75 Å². The minimum atomic E-state index is 0.310. The number of nitrogens with one attached hydrogen (secondary N) is 1. The highest BCUT2D eigenvalue weighted by Crippen LogP contribution is 2.52. The van der Waals surface area contributed by atoms with Crippen LogP contribution in [0.1, 0.15) is 43.4 Å². The maximum atomic E-state index is 6.12. The van der Waals surface area contributed by atoms with Crippen molar-refractivity contribution in [2.75, 3.05) is 11.9 Å². The van der Waals surface area contributed by atoms with Crippen LogP contribution in [-0.4, -0.2) is 6.61 Å². The van der Waals surface area contributed by atoms with Gasteiger partial charge in [-0.15, -0.1) is 0 Å². The van der Waals surface area contributed by atoms with Crippen molar-refractivity contribution < 1.29 is 4.74 Å². The zero-order chi connectivity index (χ0) is 17.4. The number of fused-ring (bicyclic) bond motifs is 3. The summed E-state index contributed by atoms with van der Waals surface area (Å²) in [6, 6.07) is 15.5. The Hall–Kier alpha value is -1.74. The van der Waals surface area contributed by atoms with Crippen LogP contribution in [0.5, 0.6) is 5.75 Å². The van der Waals surface area contributed by atoms with Crippen molar-refractivity contribution >= 4 is 21.6 Å². The molecule has 1 aliphatic carbocycles. The van der Waals surface area contributed by atoms with Gasteiger partial charge in [-0.3, -0.25) is 0 Å². The van der Waals surface area contributed by atoms with Crippen LogP contribution < -0.4 is 10.1 Å². The highest BCUT2D eigenvalue weighted by atomic mass is 79.9. The fourth-order valence-electron chi connectivity index (χ4n) is 3.97. The molecule has 2 aromatic rings. The maximum absolute atomic E-state index is 6.12. The van der Waals surface area contributed by atoms with E-state index in [0.717, 1.165) is 23.2 Å². The fourth-order valence-corrected chi connectivity index (χ4v) is 4.23. The van der Waals surface area contributed by atoms with Crippen LogP contribution in [-0.2, 0) is 0 Å². The van der Waals surface area contributed by atoms with Crippen LogP contribution in [0.15, 0.2) is 59.1 Å². The molecular formula is C22H24BrNO. The molecule has 2 aliphatic rings. The summed E-state index contributed by atoms with van der Waals surface area (Å²) >= 11 is 3.54. The average molecular weight is 398 g/mol. The molecule has 3 unspecified atom stereocenters. The van der Waals surface area contributed by atoms with Crippen molar-refractivity contribution in [1.82, 2.24) is 0 Å². The molecule has 4 rings (SSSR count). The first kappa shape index (κ1) is 16.7. The Balaban J connectivity index is 1.72. The van der Waals surface area contributed by atoms with Gasteiger partial charge < -0.3 is 10.1 Å². The van der Waals surface area contributed by atoms with Gasteiger partial charge in [0.1, 0.15) is 5.75 Å². The molecule has 0 radical (unpaired) electrons. The third kappa shape index (κ3) is 3.22. The number of hydrogen-bond donors (Lipinski definition) is 1. The molecule has 0 fully saturated rings. The summed E-state index contributed by atoms with van der Waals surface area (Å²) in [5.74, 6) is 2.52. The smallest absolute Gasteiger partial charge is 0.142 e. The average Bonchev–Trinajstić information content (AvgIpc) is 3.10. The second-order valence-electron chi connectivity index (χ2n) is 7.45. The summed E-state index contributed by atoms with van der Waals surface area (Å²) < 4.78 is 7.24. The molecule has 1 aliphatic heterocycles. The Morgan fingerprint density at radius 3 is 2.72 bits per heavy atom. The SMILES string of the molecule is CC(C)COc1cccc2c1NC(c1ccc(Br)cc1)C1CC=CC21. The number of rotatable bonds is 4. The standard InChI is InChI=1S/C22H24BrNO/c1-14(2)13-25-20-8-4-7-19-17-5-3-6-18(17)21(24-22(19)20)15-9-11-16(23)12-10-15/h3-5,7-12,14,17-18,21,24H,6,13H2,1-2H3. The molecule has 0 bridgehead atoms. The van der Waals surface area contributed by atoms with E-state index in [2.05, 4.69) is 89.7 Å². The Labute approximate surface area is 158 Å². The molecule has 1 N–H and O–H groups in total. The van der Waals surface area contributed by atoms with Gasteiger partial charge in [-0.25, -0.2) is 0 Å². The Bertz CT molecular complexity index is 781. The van der Waals surface area contributed by atoms with Crippen molar-refractivity contribution in [1.29, 1.82) is 0 Å². The number of benzene rings is 2. The monoisotopic (exact) mass is 397 g/mol. The molecule has 25 heavy (non-hydrogen) atoms. The van der Waals surface area contributed by atoms with Gasteiger partial charge in [0, 0.05) is 10.4 Å². The van der Waals surface area contributed by atoms with Gasteiger partial charge in [0.25, 0.3) is 0 Å². The second kappa shape index (κ2) is 6.87. The largest absolute Gasteiger partial charge is 0.491 e. The van der Waals surface area contributed by atoms with Crippen LogP contribution in [0.3, 0.4) is 0 Å². The number of hydrogen-bond acceptors (Lipinski definition) is 2. The molecule has 2 aromatic carbocycles. The van der Waals surface area contributed by atoms with Crippen molar-refractivity contribution in [3.05, 3.63) is 70.2 Å². The molecule has 0 amide bonds. The summed E-state index contributed by atoms with van der Waals surface area (Å²) in [4.78, 5) is 0. The second-order valence-corrected chi connectivity index (χ2v) is 8.37. The third-order valence-electron chi connectivity index (χ3n) is 5.16. The Morgan fingerprint density at radius 2 is 1.96 bits per heavy atom. The third-order valence-corrected chi connectivity index (χ3v) is 5.69. The first-order valence-corrected chi connectivity index (χ1v) is 9.87. The Kier molecular flexibility index (Phi) is 4.60. The van der Waals surface area contributed by atoms with Gasteiger partial charge in [0.15, 0.2) is 0 Å². The molecule has 0 aromatic heterocycles. The first-order valence-electron chi connectivity index (χ1n) is 9.08. The topological polar surface area (TPSA) is 21.3 Å². The number of allylic oxidation sites excluding steroid dienone is 2. The molecule has 0 saturated heterocycles. The molecule has 3 atom stereocenters. The minimum Gasteiger partial charge on any atom is -0.491 e. The van der Waals surface area contributed by atoms with Crippen LogP contribution in [0.2, 0.25) is 0 Å². The minimum absolute atomic E-state index is 0.310. The van der Waals surface area contributed by atoms with E-state index in [0.29, 0.717) is 23.8 Å². The summed E-state index contributed by atoms with van der Waals surface area (Å²) in [5, 5.41) is 3.82. The van der Waals surface area contributed by atoms with Crippen molar-refractivity contribution in [2.24, 2.45) is 11.8 Å². The first-order chi connectivity index (χ1) is 12.1. The molecule has 1 heterocycles. The van der Waals surface area contributed by atoms with E-state index < -0.39 is 0 Å². The number of halogens is 1. The van der Waals surface area contributed by atoms with Crippen molar-refractivity contribution in [2.45, 2.75) is 32.2 Å². The van der Waals surface area contributed by atoms with Gasteiger partial charge in [0.05, 0.1) is 18.3 Å². The van der Waals surface area contributed by atoms with E-state index in [9.17, 15) is 0 Å². The van der Waals surface area contributed by atoms with Gasteiger partial charge in [-0.2, -0.15) is 0 Å². The highest BCUT2D eigenvalue weighted by Gasteiger charge is 2.38. The van der Waals surface area contributed by atoms with E-state index in [1.165, 1.54) is 16.8 Å². The summed E-state index contributed by atoms with van der Waals surface area (Å²) in [5.41, 5.74) is 3.88. The normalized spacial score (nSPS) is 23.9.